The van der Waals surface area contributed by atoms with Gasteiger partial charge >= 0.3 is 0 Å². The number of nitrogens with two attached hydrogens (primary N) is 1. The number of carbonyl (C=O) groups excluding carboxylic acids is 1. The van der Waals surface area contributed by atoms with E-state index in [0.717, 1.165) is 31.0 Å². The molecule has 4 nitrogen and oxygen atoms in total. The molecule has 1 aromatic rings. The van der Waals surface area contributed by atoms with E-state index < -0.39 is 0 Å². The van der Waals surface area contributed by atoms with Crippen LogP contribution in [0, 0.1) is 0 Å². The molecule has 0 aliphatic carbocycles. The third-order valence-electron chi connectivity index (χ3n) is 3.71. The molecule has 112 valence electrons. The van der Waals surface area contributed by atoms with Gasteiger partial charge in [0.25, 0.3) is 0 Å². The largest absolute Gasteiger partial charge is 0.396 e. The summed E-state index contributed by atoms with van der Waals surface area (Å²) in [5, 5.41) is 1.17. The summed E-state index contributed by atoms with van der Waals surface area (Å²) in [4.78, 5) is 18.3. The maximum absolute atomic E-state index is 11.7. The number of nitrogens with zero attached hydrogens (tertiary/aromatic N) is 2. The van der Waals surface area contributed by atoms with Crippen LogP contribution in [-0.4, -0.2) is 49.7 Å². The molecule has 20 heavy (non-hydrogen) atoms. The van der Waals surface area contributed by atoms with E-state index in [2.05, 4.69) is 23.8 Å². The lowest BCUT2D eigenvalue weighted by molar-refractivity contribution is 0.102. The van der Waals surface area contributed by atoms with Gasteiger partial charge < -0.3 is 15.5 Å². The Kier molecular flexibility index (Phi) is 4.99. The lowest BCUT2D eigenvalue weighted by Gasteiger charge is -2.29. The van der Waals surface area contributed by atoms with E-state index in [4.69, 9.17) is 5.73 Å². The second kappa shape index (κ2) is 6.37. The Labute approximate surface area is 129 Å². The molecule has 6 heteroatoms. The lowest BCUT2D eigenvalue weighted by Crippen LogP contribution is -2.37. The molecular weight excluding hydrogens is 290 g/mol. The van der Waals surface area contributed by atoms with Crippen molar-refractivity contribution in [1.29, 1.82) is 0 Å². The number of thiophene rings is 1. The summed E-state index contributed by atoms with van der Waals surface area (Å²) in [7, 11) is 2.17. The van der Waals surface area contributed by atoms with Crippen molar-refractivity contribution in [3.8, 4) is 0 Å². The van der Waals surface area contributed by atoms with Crippen LogP contribution in [0.25, 0.3) is 0 Å². The molecule has 0 radical (unpaired) electrons. The number of Topliss-reactive ketones (excluding diaryl/α,β-unsaturated/α-hetero) is 1. The minimum Gasteiger partial charge on any atom is -0.396 e. The average Bonchev–Trinajstić information content (AvgIpc) is 2.61. The van der Waals surface area contributed by atoms with Crippen LogP contribution in [0.4, 0.5) is 10.7 Å². The fourth-order valence-corrected chi connectivity index (χ4v) is 4.93. The summed E-state index contributed by atoms with van der Waals surface area (Å²) in [5.41, 5.74) is 6.83. The number of rotatable bonds is 3. The SMILES string of the molecule is CSc1c(N2CCCN(C)CC2C)sc(C(C)=O)c1N. The highest BCUT2D eigenvalue weighted by molar-refractivity contribution is 7.99. The number of hydrogen-bond donors (Lipinski definition) is 1. The van der Waals surface area contributed by atoms with E-state index in [9.17, 15) is 4.79 Å². The molecule has 1 aromatic heterocycles. The number of hydrogen-bond acceptors (Lipinski definition) is 6. The van der Waals surface area contributed by atoms with Crippen molar-refractivity contribution in [2.45, 2.75) is 31.2 Å². The Balaban J connectivity index is 2.40. The first-order chi connectivity index (χ1) is 9.45. The highest BCUT2D eigenvalue weighted by atomic mass is 32.2. The second-order valence-electron chi connectivity index (χ2n) is 5.40. The quantitative estimate of drug-likeness (QED) is 0.687. The van der Waals surface area contributed by atoms with Crippen LogP contribution in [0.5, 0.6) is 0 Å². The Morgan fingerprint density at radius 1 is 1.45 bits per heavy atom. The van der Waals surface area contributed by atoms with E-state index in [0.29, 0.717) is 16.6 Å². The highest BCUT2D eigenvalue weighted by Gasteiger charge is 2.27. The Bertz CT molecular complexity index is 501. The Hall–Kier alpha value is -0.720. The van der Waals surface area contributed by atoms with Crippen LogP contribution in [0.3, 0.4) is 0 Å². The van der Waals surface area contributed by atoms with Gasteiger partial charge in [-0.05, 0) is 33.2 Å². The van der Waals surface area contributed by atoms with E-state index in [-0.39, 0.29) is 5.78 Å². The van der Waals surface area contributed by atoms with Gasteiger partial charge in [0.1, 0.15) is 5.00 Å². The van der Waals surface area contributed by atoms with E-state index >= 15 is 0 Å². The van der Waals surface area contributed by atoms with Crippen LogP contribution < -0.4 is 10.6 Å². The Morgan fingerprint density at radius 3 is 2.75 bits per heavy atom. The van der Waals surface area contributed by atoms with Crippen molar-refractivity contribution >= 4 is 39.6 Å². The molecule has 0 aromatic carbocycles. The van der Waals surface area contributed by atoms with Crippen molar-refractivity contribution in [3.05, 3.63) is 4.88 Å². The maximum Gasteiger partial charge on any atom is 0.171 e. The standard InChI is InChI=1S/C14H23N3OS2/c1-9-8-16(3)6-5-7-17(9)14-13(19-4)11(15)12(20-14)10(2)18/h9H,5-8,15H2,1-4H3. The summed E-state index contributed by atoms with van der Waals surface area (Å²) < 4.78 is 0. The van der Waals surface area contributed by atoms with Gasteiger partial charge in [-0.3, -0.25) is 4.79 Å². The normalized spacial score (nSPS) is 21.0. The summed E-state index contributed by atoms with van der Waals surface area (Å²) >= 11 is 3.19. The van der Waals surface area contributed by atoms with Crippen LogP contribution in [0.2, 0.25) is 0 Å². The smallest absolute Gasteiger partial charge is 0.171 e. The molecular formula is C14H23N3OS2. The molecule has 1 unspecified atom stereocenters. The van der Waals surface area contributed by atoms with Crippen LogP contribution in [0.1, 0.15) is 29.9 Å². The summed E-state index contributed by atoms with van der Waals surface area (Å²) in [6, 6.07) is 0.436. The van der Waals surface area contributed by atoms with Gasteiger partial charge in [0.15, 0.2) is 5.78 Å². The van der Waals surface area contributed by atoms with Crippen LogP contribution in [0.15, 0.2) is 4.90 Å². The van der Waals surface area contributed by atoms with Crippen LogP contribution in [-0.2, 0) is 0 Å². The molecule has 0 spiro atoms. The maximum atomic E-state index is 11.7. The van der Waals surface area contributed by atoms with Gasteiger partial charge in [0.05, 0.1) is 15.5 Å². The minimum atomic E-state index is 0.0636. The summed E-state index contributed by atoms with van der Waals surface area (Å²) in [6.07, 6.45) is 3.17. The van der Waals surface area contributed by atoms with E-state index in [1.54, 1.807) is 30.0 Å². The van der Waals surface area contributed by atoms with Gasteiger partial charge in [-0.15, -0.1) is 23.1 Å². The van der Waals surface area contributed by atoms with Gasteiger partial charge in [0, 0.05) is 26.1 Å². The molecule has 0 amide bonds. The van der Waals surface area contributed by atoms with Crippen molar-refractivity contribution in [3.63, 3.8) is 0 Å². The molecule has 1 saturated heterocycles. The number of carbonyl (C=O) groups is 1. The number of thioether (sulfide) groups is 1. The minimum absolute atomic E-state index is 0.0636. The third kappa shape index (κ3) is 2.97. The fourth-order valence-electron chi connectivity index (χ4n) is 2.74. The zero-order valence-electron chi connectivity index (χ0n) is 12.6. The fraction of sp³-hybridized carbons (Fsp3) is 0.643. The van der Waals surface area contributed by atoms with Gasteiger partial charge in [0.2, 0.25) is 0 Å². The molecule has 0 saturated carbocycles. The lowest BCUT2D eigenvalue weighted by atomic mass is 10.2. The van der Waals surface area contributed by atoms with E-state index in [1.807, 2.05) is 6.26 Å². The zero-order valence-corrected chi connectivity index (χ0v) is 14.2. The first-order valence-corrected chi connectivity index (χ1v) is 8.92. The van der Waals surface area contributed by atoms with Gasteiger partial charge in [-0.1, -0.05) is 0 Å². The third-order valence-corrected chi connectivity index (χ3v) is 6.01. The first-order valence-electron chi connectivity index (χ1n) is 6.88. The molecule has 1 fully saturated rings. The topological polar surface area (TPSA) is 49.6 Å². The molecule has 1 atom stereocenters. The highest BCUT2D eigenvalue weighted by Crippen LogP contribution is 2.44. The predicted octanol–water partition coefficient (Wildman–Crippen LogP) is 2.79. The predicted molar refractivity (Wildman–Crippen MR) is 89.4 cm³/mol. The molecule has 1 aliphatic rings. The van der Waals surface area contributed by atoms with E-state index in [1.165, 1.54) is 5.00 Å². The zero-order chi connectivity index (χ0) is 14.9. The van der Waals surface area contributed by atoms with Crippen molar-refractivity contribution in [2.24, 2.45) is 0 Å². The van der Waals surface area contributed by atoms with Gasteiger partial charge in [-0.2, -0.15) is 0 Å². The number of anilines is 2. The van der Waals surface area contributed by atoms with Crippen molar-refractivity contribution in [1.82, 2.24) is 4.90 Å². The van der Waals surface area contributed by atoms with Crippen LogP contribution >= 0.6 is 23.1 Å². The molecule has 2 N–H and O–H groups in total. The number of likely N-dealkylation sites (N-methyl/N-ethyl adjacent to an activating group) is 1. The molecule has 0 bridgehead atoms. The number of ketones is 1. The number of nitrogen functional groups attached to an aromatic ring is 1. The van der Waals surface area contributed by atoms with Crippen molar-refractivity contribution in [2.75, 3.05) is 43.6 Å². The summed E-state index contributed by atoms with van der Waals surface area (Å²) in [6.45, 7) is 7.03. The first kappa shape index (κ1) is 15.7. The Morgan fingerprint density at radius 2 is 2.15 bits per heavy atom. The second-order valence-corrected chi connectivity index (χ2v) is 7.21. The summed E-state index contributed by atoms with van der Waals surface area (Å²) in [5.74, 6) is 0.0636. The monoisotopic (exact) mass is 313 g/mol. The van der Waals surface area contributed by atoms with Gasteiger partial charge in [-0.25, -0.2) is 0 Å². The van der Waals surface area contributed by atoms with Crippen molar-refractivity contribution < 1.29 is 4.79 Å². The molecule has 1 aliphatic heterocycles. The molecule has 2 rings (SSSR count). The average molecular weight is 313 g/mol. The molecule has 2 heterocycles.